The number of furan rings is 1. The molecule has 0 saturated carbocycles. The van der Waals surface area contributed by atoms with Crippen molar-refractivity contribution < 1.29 is 18.7 Å². The van der Waals surface area contributed by atoms with Crippen LogP contribution in [0, 0.1) is 0 Å². The Balaban J connectivity index is 1.79. The second kappa shape index (κ2) is 10.4. The highest BCUT2D eigenvalue weighted by atomic mass is 16.5. The quantitative estimate of drug-likeness (QED) is 0.660. The first-order chi connectivity index (χ1) is 13.1. The fourth-order valence-electron chi connectivity index (χ4n) is 2.56. The third kappa shape index (κ3) is 6.14. The maximum absolute atomic E-state index is 12.1. The number of ether oxygens (including phenoxy) is 1. The van der Waals surface area contributed by atoms with Gasteiger partial charge in [0.1, 0.15) is 11.5 Å². The number of hydrogen-bond acceptors (Lipinski definition) is 5. The van der Waals surface area contributed by atoms with Gasteiger partial charge in [-0.2, -0.15) is 0 Å². The molecule has 2 amide bonds. The first-order valence-electron chi connectivity index (χ1n) is 9.18. The van der Waals surface area contributed by atoms with Crippen LogP contribution in [0.15, 0.2) is 40.8 Å². The van der Waals surface area contributed by atoms with Gasteiger partial charge in [0.2, 0.25) is 0 Å². The largest absolute Gasteiger partial charge is 0.483 e. The smallest absolute Gasteiger partial charge is 0.305 e. The fraction of sp³-hybridized carbons (Fsp3) is 0.400. The van der Waals surface area contributed by atoms with Crippen LogP contribution in [0.5, 0.6) is 5.75 Å². The lowest BCUT2D eigenvalue weighted by molar-refractivity contribution is -0.123. The van der Waals surface area contributed by atoms with Crippen molar-refractivity contribution in [1.29, 1.82) is 0 Å². The van der Waals surface area contributed by atoms with Crippen molar-refractivity contribution >= 4 is 11.8 Å². The molecular weight excluding hydrogens is 346 g/mol. The maximum Gasteiger partial charge on any atom is 0.305 e. The lowest BCUT2D eigenvalue weighted by atomic mass is 10.1. The predicted molar refractivity (Wildman–Crippen MR) is 102 cm³/mol. The lowest BCUT2D eigenvalue weighted by Gasteiger charge is -2.15. The van der Waals surface area contributed by atoms with Gasteiger partial charge in [-0.15, -0.1) is 0 Å². The van der Waals surface area contributed by atoms with E-state index in [9.17, 15) is 9.59 Å². The molecule has 0 bridgehead atoms. The molecule has 1 aromatic heterocycles. The van der Waals surface area contributed by atoms with Crippen molar-refractivity contribution in [3.05, 3.63) is 53.5 Å². The van der Waals surface area contributed by atoms with E-state index >= 15 is 0 Å². The van der Waals surface area contributed by atoms with Crippen molar-refractivity contribution in [3.63, 3.8) is 0 Å². The molecule has 0 aliphatic heterocycles. The highest BCUT2D eigenvalue weighted by Crippen LogP contribution is 2.17. The summed E-state index contributed by atoms with van der Waals surface area (Å²) in [5.74, 6) is 0.547. The van der Waals surface area contributed by atoms with Gasteiger partial charge >= 0.3 is 5.91 Å². The summed E-state index contributed by atoms with van der Waals surface area (Å²) in [6, 6.07) is 10.9. The van der Waals surface area contributed by atoms with Crippen molar-refractivity contribution in [1.82, 2.24) is 15.8 Å². The molecule has 0 fully saturated rings. The summed E-state index contributed by atoms with van der Waals surface area (Å²) in [6.45, 7) is 8.39. The van der Waals surface area contributed by atoms with E-state index in [-0.39, 0.29) is 12.4 Å². The fourth-order valence-corrected chi connectivity index (χ4v) is 2.56. The first kappa shape index (κ1) is 20.5. The van der Waals surface area contributed by atoms with Crippen molar-refractivity contribution in [2.45, 2.75) is 33.7 Å². The zero-order valence-corrected chi connectivity index (χ0v) is 16.1. The van der Waals surface area contributed by atoms with E-state index in [1.807, 2.05) is 31.2 Å². The van der Waals surface area contributed by atoms with Crippen LogP contribution >= 0.6 is 0 Å². The Hall–Kier alpha value is -2.80. The molecule has 0 spiro atoms. The second-order valence-corrected chi connectivity index (χ2v) is 5.98. The Morgan fingerprint density at radius 3 is 2.48 bits per heavy atom. The van der Waals surface area contributed by atoms with Gasteiger partial charge in [-0.1, -0.05) is 39.0 Å². The summed E-state index contributed by atoms with van der Waals surface area (Å²) < 4.78 is 11.0. The highest BCUT2D eigenvalue weighted by Gasteiger charge is 2.14. The molecular formula is C20H27N3O4. The number of para-hydroxylation sites is 1. The number of carbonyl (C=O) groups is 2. The summed E-state index contributed by atoms with van der Waals surface area (Å²) in [6.07, 6.45) is 0.808. The minimum Gasteiger partial charge on any atom is -0.483 e. The number of carbonyl (C=O) groups excluding carboxylic acids is 2. The molecule has 0 atom stereocenters. The number of benzene rings is 1. The number of aryl methyl sites for hydroxylation is 1. The van der Waals surface area contributed by atoms with Gasteiger partial charge in [-0.05, 0) is 43.3 Å². The Morgan fingerprint density at radius 2 is 1.78 bits per heavy atom. The normalized spacial score (nSPS) is 10.7. The summed E-state index contributed by atoms with van der Waals surface area (Å²) in [5, 5.41) is 0. The highest BCUT2D eigenvalue weighted by molar-refractivity contribution is 5.93. The number of hydrazine groups is 1. The third-order valence-electron chi connectivity index (χ3n) is 4.19. The van der Waals surface area contributed by atoms with Crippen molar-refractivity contribution in [2.24, 2.45) is 0 Å². The Bertz CT molecular complexity index is 753. The summed E-state index contributed by atoms with van der Waals surface area (Å²) in [4.78, 5) is 26.2. The van der Waals surface area contributed by atoms with Crippen LogP contribution in [0.3, 0.4) is 0 Å². The molecule has 146 valence electrons. The third-order valence-corrected chi connectivity index (χ3v) is 4.19. The Labute approximate surface area is 159 Å². The zero-order chi connectivity index (χ0) is 19.6. The van der Waals surface area contributed by atoms with Crippen molar-refractivity contribution in [3.8, 4) is 5.75 Å². The molecule has 7 nitrogen and oxygen atoms in total. The standard InChI is InChI=1S/C20H27N3O4/c1-4-15-9-7-8-10-17(15)26-14-19(24)21-22-20(25)18-12-11-16(27-18)13-23(5-2)6-3/h7-12H,4-6,13-14H2,1-3H3,(H,21,24)(H,22,25). The Morgan fingerprint density at radius 1 is 1.04 bits per heavy atom. The number of nitrogens with one attached hydrogen (secondary N) is 2. The van der Waals surface area contributed by atoms with Gasteiger partial charge in [-0.25, -0.2) is 0 Å². The average molecular weight is 373 g/mol. The molecule has 2 aromatic rings. The van der Waals surface area contributed by atoms with Crippen LogP contribution in [-0.2, 0) is 17.8 Å². The van der Waals surface area contributed by atoms with Crippen LogP contribution in [0.1, 0.15) is 42.6 Å². The molecule has 1 heterocycles. The number of hydrogen-bond donors (Lipinski definition) is 2. The summed E-state index contributed by atoms with van der Waals surface area (Å²) in [5.41, 5.74) is 5.68. The lowest BCUT2D eigenvalue weighted by Crippen LogP contribution is -2.43. The second-order valence-electron chi connectivity index (χ2n) is 5.98. The van der Waals surface area contributed by atoms with E-state index in [4.69, 9.17) is 9.15 Å². The van der Waals surface area contributed by atoms with Gasteiger partial charge in [-0.3, -0.25) is 25.3 Å². The molecule has 0 aliphatic carbocycles. The van der Waals surface area contributed by atoms with Gasteiger partial charge in [0.25, 0.3) is 5.91 Å². The van der Waals surface area contributed by atoms with Crippen LogP contribution < -0.4 is 15.6 Å². The van der Waals surface area contributed by atoms with Crippen molar-refractivity contribution in [2.75, 3.05) is 19.7 Å². The van der Waals surface area contributed by atoms with Crippen LogP contribution in [0.25, 0.3) is 0 Å². The molecule has 0 unspecified atom stereocenters. The monoisotopic (exact) mass is 373 g/mol. The van der Waals surface area contributed by atoms with Crippen LogP contribution in [0.2, 0.25) is 0 Å². The minimum atomic E-state index is -0.511. The van der Waals surface area contributed by atoms with E-state index in [0.29, 0.717) is 18.1 Å². The summed E-state index contributed by atoms with van der Waals surface area (Å²) in [7, 11) is 0. The van der Waals surface area contributed by atoms with E-state index in [1.54, 1.807) is 12.1 Å². The maximum atomic E-state index is 12.1. The van der Waals surface area contributed by atoms with Gasteiger partial charge in [0.05, 0.1) is 6.54 Å². The Kier molecular flexibility index (Phi) is 7.88. The van der Waals surface area contributed by atoms with Crippen LogP contribution in [0.4, 0.5) is 0 Å². The number of amides is 2. The van der Waals surface area contributed by atoms with Gasteiger partial charge < -0.3 is 9.15 Å². The number of nitrogens with zero attached hydrogens (tertiary/aromatic N) is 1. The van der Waals surface area contributed by atoms with E-state index in [0.717, 1.165) is 25.1 Å². The topological polar surface area (TPSA) is 83.8 Å². The summed E-state index contributed by atoms with van der Waals surface area (Å²) >= 11 is 0. The average Bonchev–Trinajstić information content (AvgIpc) is 3.17. The molecule has 7 heteroatoms. The molecule has 2 rings (SSSR count). The molecule has 2 N–H and O–H groups in total. The SMILES string of the molecule is CCc1ccccc1OCC(=O)NNC(=O)c1ccc(CN(CC)CC)o1. The van der Waals surface area contributed by atoms with Gasteiger partial charge in [0.15, 0.2) is 12.4 Å². The zero-order valence-electron chi connectivity index (χ0n) is 16.1. The molecule has 0 saturated heterocycles. The molecule has 0 radical (unpaired) electrons. The molecule has 0 aliphatic rings. The van der Waals surface area contributed by atoms with E-state index < -0.39 is 11.8 Å². The van der Waals surface area contributed by atoms with Crippen LogP contribution in [-0.4, -0.2) is 36.4 Å². The first-order valence-corrected chi connectivity index (χ1v) is 9.18. The molecule has 27 heavy (non-hydrogen) atoms. The predicted octanol–water partition coefficient (Wildman–Crippen LogP) is 2.52. The molecule has 1 aromatic carbocycles. The van der Waals surface area contributed by atoms with E-state index in [1.165, 1.54) is 0 Å². The minimum absolute atomic E-state index is 0.148. The van der Waals surface area contributed by atoms with Gasteiger partial charge in [0, 0.05) is 0 Å². The number of rotatable bonds is 9. The van der Waals surface area contributed by atoms with E-state index in [2.05, 4.69) is 29.6 Å².